The maximum absolute atomic E-state index is 5.86. The molecule has 0 saturated heterocycles. The Labute approximate surface area is 121 Å². The van der Waals surface area contributed by atoms with E-state index in [-0.39, 0.29) is 0 Å². The first kappa shape index (κ1) is 14.7. The number of ether oxygens (including phenoxy) is 1. The number of nitrogens with one attached hydrogen (secondary N) is 2. The number of rotatable bonds is 6. The van der Waals surface area contributed by atoms with Crippen LogP contribution in [-0.2, 0) is 6.54 Å². The van der Waals surface area contributed by atoms with Gasteiger partial charge in [0.15, 0.2) is 5.96 Å². The van der Waals surface area contributed by atoms with E-state index < -0.39 is 0 Å². The second-order valence-electron chi connectivity index (χ2n) is 5.66. The van der Waals surface area contributed by atoms with Gasteiger partial charge in [0.25, 0.3) is 0 Å². The third kappa shape index (κ3) is 4.76. The van der Waals surface area contributed by atoms with Crippen molar-refractivity contribution in [3.8, 4) is 5.75 Å². The van der Waals surface area contributed by atoms with Gasteiger partial charge >= 0.3 is 0 Å². The Hall–Kier alpha value is -1.71. The number of guanidine groups is 1. The molecular formula is C16H25N3O. The molecule has 4 heteroatoms. The zero-order valence-electron chi connectivity index (χ0n) is 12.6. The zero-order chi connectivity index (χ0) is 14.4. The van der Waals surface area contributed by atoms with Crippen molar-refractivity contribution in [2.24, 2.45) is 10.9 Å². The Morgan fingerprint density at radius 1 is 1.35 bits per heavy atom. The molecule has 110 valence electrons. The van der Waals surface area contributed by atoms with E-state index in [0.717, 1.165) is 30.4 Å². The maximum atomic E-state index is 5.86. The minimum absolute atomic E-state index is 0.528. The van der Waals surface area contributed by atoms with E-state index >= 15 is 0 Å². The fourth-order valence-corrected chi connectivity index (χ4v) is 1.84. The molecule has 1 aromatic rings. The summed E-state index contributed by atoms with van der Waals surface area (Å²) in [5.74, 6) is 2.35. The number of hydrogen-bond acceptors (Lipinski definition) is 2. The number of aliphatic imine (C=N–C) groups is 1. The van der Waals surface area contributed by atoms with Crippen LogP contribution in [0.15, 0.2) is 29.3 Å². The molecule has 0 bridgehead atoms. The lowest BCUT2D eigenvalue weighted by molar-refractivity contribution is 0.268. The van der Waals surface area contributed by atoms with E-state index in [0.29, 0.717) is 12.0 Å². The first-order valence-corrected chi connectivity index (χ1v) is 7.37. The van der Waals surface area contributed by atoms with Crippen LogP contribution >= 0.6 is 0 Å². The molecule has 1 aliphatic rings. The molecule has 1 saturated carbocycles. The van der Waals surface area contributed by atoms with Crippen LogP contribution in [0.1, 0.15) is 32.3 Å². The number of benzene rings is 1. The molecule has 0 unspecified atom stereocenters. The van der Waals surface area contributed by atoms with Crippen LogP contribution in [0.2, 0.25) is 0 Å². The molecular weight excluding hydrogens is 250 g/mol. The number of nitrogens with zero attached hydrogens (tertiary/aromatic N) is 1. The van der Waals surface area contributed by atoms with Gasteiger partial charge in [-0.1, -0.05) is 32.0 Å². The van der Waals surface area contributed by atoms with Crippen LogP contribution in [0.4, 0.5) is 0 Å². The highest BCUT2D eigenvalue weighted by Crippen LogP contribution is 2.20. The Bertz CT molecular complexity index is 453. The minimum atomic E-state index is 0.528. The molecule has 0 atom stereocenters. The number of hydrogen-bond donors (Lipinski definition) is 2. The topological polar surface area (TPSA) is 45.7 Å². The second kappa shape index (κ2) is 7.17. The fraction of sp³-hybridized carbons (Fsp3) is 0.562. The predicted octanol–water partition coefficient (Wildman–Crippen LogP) is 2.55. The molecule has 1 aliphatic carbocycles. The average molecular weight is 275 g/mol. The lowest BCUT2D eigenvalue weighted by atomic mass is 10.2. The fourth-order valence-electron chi connectivity index (χ4n) is 1.84. The third-order valence-corrected chi connectivity index (χ3v) is 3.13. The van der Waals surface area contributed by atoms with Crippen molar-refractivity contribution in [1.29, 1.82) is 0 Å². The third-order valence-electron chi connectivity index (χ3n) is 3.13. The molecule has 1 fully saturated rings. The highest BCUT2D eigenvalue weighted by atomic mass is 16.5. The monoisotopic (exact) mass is 275 g/mol. The maximum Gasteiger partial charge on any atom is 0.191 e. The van der Waals surface area contributed by atoms with Crippen LogP contribution in [0.25, 0.3) is 0 Å². The summed E-state index contributed by atoms with van der Waals surface area (Å²) >= 11 is 0. The quantitative estimate of drug-likeness (QED) is 0.619. The van der Waals surface area contributed by atoms with Crippen molar-refractivity contribution in [3.63, 3.8) is 0 Å². The van der Waals surface area contributed by atoms with E-state index in [2.05, 4.69) is 35.5 Å². The molecule has 4 nitrogen and oxygen atoms in total. The standard InChI is InChI=1S/C16H25N3O/c1-12(2)11-20-15-7-5-4-6-13(15)10-18-16(17-3)19-14-8-9-14/h4-7,12,14H,8-11H2,1-3H3,(H2,17,18,19). The lowest BCUT2D eigenvalue weighted by Crippen LogP contribution is -2.38. The van der Waals surface area contributed by atoms with E-state index in [4.69, 9.17) is 4.74 Å². The van der Waals surface area contributed by atoms with Gasteiger partial charge in [0, 0.05) is 25.2 Å². The molecule has 2 rings (SSSR count). The van der Waals surface area contributed by atoms with Gasteiger partial charge in [-0.2, -0.15) is 0 Å². The molecule has 2 N–H and O–H groups in total. The van der Waals surface area contributed by atoms with Gasteiger partial charge in [-0.3, -0.25) is 4.99 Å². The van der Waals surface area contributed by atoms with E-state index in [9.17, 15) is 0 Å². The summed E-state index contributed by atoms with van der Waals surface area (Å²) in [5, 5.41) is 6.72. The second-order valence-corrected chi connectivity index (χ2v) is 5.66. The Morgan fingerprint density at radius 3 is 2.75 bits per heavy atom. The van der Waals surface area contributed by atoms with Crippen molar-refractivity contribution in [1.82, 2.24) is 10.6 Å². The summed E-state index contributed by atoms with van der Waals surface area (Å²) in [5.41, 5.74) is 1.16. The summed E-state index contributed by atoms with van der Waals surface area (Å²) in [6.07, 6.45) is 2.49. The van der Waals surface area contributed by atoms with Crippen molar-refractivity contribution >= 4 is 5.96 Å². The van der Waals surface area contributed by atoms with Crippen LogP contribution in [0.5, 0.6) is 5.75 Å². The number of para-hydroxylation sites is 1. The predicted molar refractivity (Wildman–Crippen MR) is 83.1 cm³/mol. The first-order chi connectivity index (χ1) is 9.69. The molecule has 20 heavy (non-hydrogen) atoms. The van der Waals surface area contributed by atoms with Gasteiger partial charge in [0.2, 0.25) is 0 Å². The smallest absolute Gasteiger partial charge is 0.191 e. The van der Waals surface area contributed by atoms with Gasteiger partial charge in [-0.15, -0.1) is 0 Å². The summed E-state index contributed by atoms with van der Waals surface area (Å²) in [7, 11) is 1.80. The van der Waals surface area contributed by atoms with E-state index in [1.165, 1.54) is 12.8 Å². The van der Waals surface area contributed by atoms with Gasteiger partial charge < -0.3 is 15.4 Å². The SMILES string of the molecule is CN=C(NCc1ccccc1OCC(C)C)NC1CC1. The Balaban J connectivity index is 1.90. The van der Waals surface area contributed by atoms with Crippen LogP contribution < -0.4 is 15.4 Å². The normalized spacial score (nSPS) is 15.3. The Morgan fingerprint density at radius 2 is 2.10 bits per heavy atom. The zero-order valence-corrected chi connectivity index (χ0v) is 12.6. The van der Waals surface area contributed by atoms with Gasteiger partial charge in [-0.25, -0.2) is 0 Å². The molecule has 1 aromatic carbocycles. The lowest BCUT2D eigenvalue weighted by Gasteiger charge is -2.15. The largest absolute Gasteiger partial charge is 0.493 e. The Kier molecular flexibility index (Phi) is 5.27. The molecule has 0 heterocycles. The van der Waals surface area contributed by atoms with E-state index in [1.807, 2.05) is 18.2 Å². The molecule has 0 aromatic heterocycles. The average Bonchev–Trinajstić information content (AvgIpc) is 3.26. The van der Waals surface area contributed by atoms with Crippen LogP contribution in [0, 0.1) is 5.92 Å². The highest BCUT2D eigenvalue weighted by molar-refractivity contribution is 5.80. The molecule has 0 radical (unpaired) electrons. The summed E-state index contributed by atoms with van der Waals surface area (Å²) < 4.78 is 5.86. The molecule has 0 amide bonds. The summed E-state index contributed by atoms with van der Waals surface area (Å²) in [4.78, 5) is 4.24. The van der Waals surface area contributed by atoms with Crippen LogP contribution in [-0.4, -0.2) is 25.7 Å². The highest BCUT2D eigenvalue weighted by Gasteiger charge is 2.22. The van der Waals surface area contributed by atoms with Gasteiger partial charge in [0.1, 0.15) is 5.75 Å². The molecule has 0 spiro atoms. The van der Waals surface area contributed by atoms with E-state index in [1.54, 1.807) is 7.05 Å². The van der Waals surface area contributed by atoms with Crippen molar-refractivity contribution in [3.05, 3.63) is 29.8 Å². The summed E-state index contributed by atoms with van der Waals surface area (Å²) in [6.45, 7) is 5.78. The van der Waals surface area contributed by atoms with Crippen LogP contribution in [0.3, 0.4) is 0 Å². The van der Waals surface area contributed by atoms with Crippen molar-refractivity contribution < 1.29 is 4.74 Å². The van der Waals surface area contributed by atoms with Crippen molar-refractivity contribution in [2.75, 3.05) is 13.7 Å². The van der Waals surface area contributed by atoms with Gasteiger partial charge in [-0.05, 0) is 24.8 Å². The minimum Gasteiger partial charge on any atom is -0.493 e. The first-order valence-electron chi connectivity index (χ1n) is 7.37. The summed E-state index contributed by atoms with van der Waals surface area (Å²) in [6, 6.07) is 8.77. The molecule has 0 aliphatic heterocycles. The van der Waals surface area contributed by atoms with Gasteiger partial charge in [0.05, 0.1) is 6.61 Å². The van der Waals surface area contributed by atoms with Crippen molar-refractivity contribution in [2.45, 2.75) is 39.3 Å².